The summed E-state index contributed by atoms with van der Waals surface area (Å²) in [6.45, 7) is -0.494. The fourth-order valence-electron chi connectivity index (χ4n) is 1.16. The number of carbonyl (C=O) groups excluding carboxylic acids is 1. The molecule has 0 heterocycles. The fraction of sp³-hybridized carbons (Fsp3) is 0.364. The van der Waals surface area contributed by atoms with Gasteiger partial charge in [0.15, 0.2) is 0 Å². The van der Waals surface area contributed by atoms with Gasteiger partial charge in [0, 0.05) is 0 Å². The lowest BCUT2D eigenvalue weighted by atomic mass is 10.3. The minimum atomic E-state index is -3.91. The predicted octanol–water partition coefficient (Wildman–Crippen LogP) is 0.316. The highest BCUT2D eigenvalue weighted by atomic mass is 32.2. The molecule has 7 heteroatoms. The zero-order valence-electron chi connectivity index (χ0n) is 9.78. The second kappa shape index (κ2) is 6.48. The Morgan fingerprint density at radius 1 is 1.33 bits per heavy atom. The summed E-state index contributed by atoms with van der Waals surface area (Å²) in [4.78, 5) is 10.8. The molecule has 0 aliphatic rings. The summed E-state index contributed by atoms with van der Waals surface area (Å²) in [7, 11) is -2.73. The smallest absolute Gasteiger partial charge is 0.308 e. The third-order valence-corrected chi connectivity index (χ3v) is 3.37. The van der Waals surface area contributed by atoms with Gasteiger partial charge in [0.1, 0.15) is 0 Å². The monoisotopic (exact) mass is 274 g/mol. The average molecular weight is 274 g/mol. The average Bonchev–Trinajstić information content (AvgIpc) is 2.37. The number of aliphatic hydroxyl groups is 1. The number of ether oxygens (including phenoxy) is 1. The summed E-state index contributed by atoms with van der Waals surface area (Å²) in [6, 6.07) is 7.54. The predicted molar refractivity (Wildman–Crippen MR) is 62.2 cm³/mol. The second-order valence-electron chi connectivity index (χ2n) is 3.49. The number of benzene rings is 1. The Balaban J connectivity index is 2.55. The molecule has 1 aromatic rings. The van der Waals surface area contributed by atoms with Crippen molar-refractivity contribution in [1.82, 2.24) is 0 Å². The summed E-state index contributed by atoms with van der Waals surface area (Å²) in [5, 5.41) is 9.37. The number of hydrogen-bond acceptors (Lipinski definition) is 6. The molecule has 1 atom stereocenters. The molecule has 0 fully saturated rings. The van der Waals surface area contributed by atoms with E-state index in [-0.39, 0.29) is 11.3 Å². The van der Waals surface area contributed by atoms with Gasteiger partial charge in [0.2, 0.25) is 0 Å². The molecule has 0 amide bonds. The number of aliphatic hydroxyl groups excluding tert-OH is 1. The first kappa shape index (κ1) is 14.6. The van der Waals surface area contributed by atoms with Crippen molar-refractivity contribution in [2.75, 3.05) is 13.7 Å². The van der Waals surface area contributed by atoms with Crippen LogP contribution >= 0.6 is 0 Å². The van der Waals surface area contributed by atoms with Gasteiger partial charge in [-0.1, -0.05) is 18.2 Å². The van der Waals surface area contributed by atoms with E-state index in [4.69, 9.17) is 0 Å². The molecule has 1 rings (SSSR count). The van der Waals surface area contributed by atoms with E-state index in [0.29, 0.717) is 0 Å². The summed E-state index contributed by atoms with van der Waals surface area (Å²) >= 11 is 0. The van der Waals surface area contributed by atoms with Crippen LogP contribution in [-0.2, 0) is 23.8 Å². The normalized spacial score (nSPS) is 13.0. The first-order valence-corrected chi connectivity index (χ1v) is 6.56. The van der Waals surface area contributed by atoms with E-state index in [1.165, 1.54) is 19.2 Å². The first-order valence-electron chi connectivity index (χ1n) is 5.15. The van der Waals surface area contributed by atoms with E-state index in [1.54, 1.807) is 18.2 Å². The highest BCUT2D eigenvalue weighted by Crippen LogP contribution is 2.12. The van der Waals surface area contributed by atoms with E-state index in [0.717, 1.165) is 0 Å². The van der Waals surface area contributed by atoms with E-state index >= 15 is 0 Å². The lowest BCUT2D eigenvalue weighted by molar-refractivity contribution is -0.143. The minimum absolute atomic E-state index is 0.00438. The zero-order valence-corrected chi connectivity index (χ0v) is 10.6. The van der Waals surface area contributed by atoms with Crippen molar-refractivity contribution >= 4 is 16.1 Å². The van der Waals surface area contributed by atoms with Gasteiger partial charge in [-0.2, -0.15) is 8.42 Å². The van der Waals surface area contributed by atoms with Crippen molar-refractivity contribution in [2.24, 2.45) is 0 Å². The van der Waals surface area contributed by atoms with Gasteiger partial charge in [0.05, 0.1) is 31.1 Å². The van der Waals surface area contributed by atoms with Crippen LogP contribution in [0, 0.1) is 0 Å². The Bertz CT molecular complexity index is 482. The van der Waals surface area contributed by atoms with Crippen LogP contribution in [0.5, 0.6) is 0 Å². The zero-order chi connectivity index (χ0) is 13.6. The van der Waals surface area contributed by atoms with Crippen LogP contribution in [0.4, 0.5) is 0 Å². The first-order chi connectivity index (χ1) is 8.45. The molecule has 1 unspecified atom stereocenters. The van der Waals surface area contributed by atoms with Gasteiger partial charge in [-0.3, -0.25) is 8.98 Å². The third kappa shape index (κ3) is 4.44. The van der Waals surface area contributed by atoms with Crippen LogP contribution in [0.1, 0.15) is 6.42 Å². The summed E-state index contributed by atoms with van der Waals surface area (Å²) in [5.41, 5.74) is 0. The van der Waals surface area contributed by atoms with Gasteiger partial charge in [-0.05, 0) is 12.1 Å². The SMILES string of the molecule is COC(=O)CC(O)COS(=O)(=O)c1ccccc1. The molecule has 1 N–H and O–H groups in total. The number of hydrogen-bond donors (Lipinski definition) is 1. The molecule has 0 saturated heterocycles. The van der Waals surface area contributed by atoms with Crippen molar-refractivity contribution in [3.63, 3.8) is 0 Å². The summed E-state index contributed by atoms with van der Waals surface area (Å²) in [6.07, 6.45) is -1.54. The molecule has 0 spiro atoms. The Morgan fingerprint density at radius 2 is 1.94 bits per heavy atom. The van der Waals surface area contributed by atoms with Crippen molar-refractivity contribution in [3.8, 4) is 0 Å². The molecular weight excluding hydrogens is 260 g/mol. The quantitative estimate of drug-likeness (QED) is 0.593. The van der Waals surface area contributed by atoms with Crippen LogP contribution < -0.4 is 0 Å². The molecule has 0 aliphatic carbocycles. The molecule has 6 nitrogen and oxygen atoms in total. The van der Waals surface area contributed by atoms with Crippen LogP contribution in [0.3, 0.4) is 0 Å². The summed E-state index contributed by atoms with van der Waals surface area (Å²) < 4.78 is 32.3. The maximum absolute atomic E-state index is 11.6. The van der Waals surface area contributed by atoms with Gasteiger partial charge in [0.25, 0.3) is 10.1 Å². The maximum Gasteiger partial charge on any atom is 0.308 e. The van der Waals surface area contributed by atoms with Crippen LogP contribution in [0.2, 0.25) is 0 Å². The number of esters is 1. The van der Waals surface area contributed by atoms with Crippen molar-refractivity contribution in [1.29, 1.82) is 0 Å². The molecule has 18 heavy (non-hydrogen) atoms. The van der Waals surface area contributed by atoms with Gasteiger partial charge < -0.3 is 9.84 Å². The molecular formula is C11H14O6S. The fourth-order valence-corrected chi connectivity index (χ4v) is 2.12. The van der Waals surface area contributed by atoms with Gasteiger partial charge in [-0.15, -0.1) is 0 Å². The van der Waals surface area contributed by atoms with Gasteiger partial charge in [-0.25, -0.2) is 0 Å². The number of methoxy groups -OCH3 is 1. The lowest BCUT2D eigenvalue weighted by Gasteiger charge is -2.10. The van der Waals surface area contributed by atoms with Crippen LogP contribution in [0.15, 0.2) is 35.2 Å². The van der Waals surface area contributed by atoms with Crippen molar-refractivity contribution in [3.05, 3.63) is 30.3 Å². The van der Waals surface area contributed by atoms with Crippen molar-refractivity contribution < 1.29 is 27.2 Å². The highest BCUT2D eigenvalue weighted by Gasteiger charge is 2.18. The molecule has 0 bridgehead atoms. The number of carbonyl (C=O) groups is 1. The molecule has 0 saturated carbocycles. The topological polar surface area (TPSA) is 89.9 Å². The molecule has 0 aromatic heterocycles. The van der Waals surface area contributed by atoms with E-state index < -0.39 is 28.8 Å². The third-order valence-electron chi connectivity index (χ3n) is 2.08. The maximum atomic E-state index is 11.6. The lowest BCUT2D eigenvalue weighted by Crippen LogP contribution is -2.22. The van der Waals surface area contributed by atoms with Crippen LogP contribution in [0.25, 0.3) is 0 Å². The largest absolute Gasteiger partial charge is 0.469 e. The van der Waals surface area contributed by atoms with E-state index in [1.807, 2.05) is 0 Å². The Labute approximate surface area is 105 Å². The van der Waals surface area contributed by atoms with E-state index in [2.05, 4.69) is 8.92 Å². The molecule has 0 radical (unpaired) electrons. The minimum Gasteiger partial charge on any atom is -0.469 e. The molecule has 100 valence electrons. The van der Waals surface area contributed by atoms with E-state index in [9.17, 15) is 18.3 Å². The molecule has 1 aromatic carbocycles. The Morgan fingerprint density at radius 3 is 2.50 bits per heavy atom. The van der Waals surface area contributed by atoms with Crippen molar-refractivity contribution in [2.45, 2.75) is 17.4 Å². The van der Waals surface area contributed by atoms with Gasteiger partial charge >= 0.3 is 5.97 Å². The molecule has 0 aliphatic heterocycles. The van der Waals surface area contributed by atoms with Crippen LogP contribution in [-0.4, -0.2) is 39.3 Å². The second-order valence-corrected chi connectivity index (χ2v) is 5.10. The Hall–Kier alpha value is -1.44. The Kier molecular flexibility index (Phi) is 5.26. The summed E-state index contributed by atoms with van der Waals surface area (Å²) in [5.74, 6) is -0.636. The standard InChI is InChI=1S/C11H14O6S/c1-16-11(13)7-9(12)8-17-18(14,15)10-5-3-2-4-6-10/h2-6,9,12H,7-8H2,1H3. The highest BCUT2D eigenvalue weighted by molar-refractivity contribution is 7.86. The number of rotatable bonds is 6.